The molecule has 23 heavy (non-hydrogen) atoms. The third-order valence-electron chi connectivity index (χ3n) is 3.27. The lowest BCUT2D eigenvalue weighted by atomic mass is 10.2. The molecule has 0 aliphatic carbocycles. The van der Waals surface area contributed by atoms with E-state index in [1.54, 1.807) is 24.3 Å². The Balaban J connectivity index is 1.60. The maximum absolute atomic E-state index is 12.0. The standard InChI is InChI=1S/C16H13NO6/c18-16(15-10-21-13-6-1-2-7-14(13)23-15)22-9-11-4-3-5-12(8-11)17(19)20/h1-8,15H,9-10H2. The Morgan fingerprint density at radius 3 is 2.78 bits per heavy atom. The highest BCUT2D eigenvalue weighted by Gasteiger charge is 2.28. The maximum Gasteiger partial charge on any atom is 0.351 e. The molecule has 3 rings (SSSR count). The molecule has 0 saturated heterocycles. The second kappa shape index (κ2) is 6.35. The van der Waals surface area contributed by atoms with Gasteiger partial charge in [-0.1, -0.05) is 24.3 Å². The zero-order chi connectivity index (χ0) is 16.2. The van der Waals surface area contributed by atoms with Crippen LogP contribution >= 0.6 is 0 Å². The fourth-order valence-electron chi connectivity index (χ4n) is 2.14. The summed E-state index contributed by atoms with van der Waals surface area (Å²) in [6, 6.07) is 13.0. The van der Waals surface area contributed by atoms with Crippen molar-refractivity contribution in [3.63, 3.8) is 0 Å². The lowest BCUT2D eigenvalue weighted by molar-refractivity contribution is -0.384. The van der Waals surface area contributed by atoms with Gasteiger partial charge in [-0.05, 0) is 17.7 Å². The van der Waals surface area contributed by atoms with Crippen LogP contribution in [-0.4, -0.2) is 23.6 Å². The zero-order valence-corrected chi connectivity index (χ0v) is 12.0. The number of carbonyl (C=O) groups excluding carboxylic acids is 1. The Hall–Kier alpha value is -3.09. The van der Waals surface area contributed by atoms with Crippen LogP contribution in [0.3, 0.4) is 0 Å². The number of nitrogens with zero attached hydrogens (tertiary/aromatic N) is 1. The van der Waals surface area contributed by atoms with Crippen LogP contribution in [0, 0.1) is 10.1 Å². The molecule has 7 nitrogen and oxygen atoms in total. The number of para-hydroxylation sites is 2. The molecule has 1 aliphatic rings. The average molecular weight is 315 g/mol. The van der Waals surface area contributed by atoms with Gasteiger partial charge in [0.2, 0.25) is 6.10 Å². The van der Waals surface area contributed by atoms with E-state index < -0.39 is 17.0 Å². The molecule has 1 heterocycles. The van der Waals surface area contributed by atoms with Crippen molar-refractivity contribution in [2.24, 2.45) is 0 Å². The first-order valence-corrected chi connectivity index (χ1v) is 6.92. The van der Waals surface area contributed by atoms with Crippen molar-refractivity contribution < 1.29 is 23.9 Å². The molecule has 0 saturated carbocycles. The maximum atomic E-state index is 12.0. The second-order valence-corrected chi connectivity index (χ2v) is 4.90. The lowest BCUT2D eigenvalue weighted by Crippen LogP contribution is -2.37. The van der Waals surface area contributed by atoms with Gasteiger partial charge in [0.25, 0.3) is 5.69 Å². The summed E-state index contributed by atoms with van der Waals surface area (Å²) in [7, 11) is 0. The molecule has 1 aliphatic heterocycles. The van der Waals surface area contributed by atoms with Crippen LogP contribution in [0.15, 0.2) is 48.5 Å². The monoisotopic (exact) mass is 315 g/mol. The first-order valence-electron chi connectivity index (χ1n) is 6.92. The van der Waals surface area contributed by atoms with Gasteiger partial charge in [0.15, 0.2) is 11.5 Å². The average Bonchev–Trinajstić information content (AvgIpc) is 2.59. The van der Waals surface area contributed by atoms with E-state index in [4.69, 9.17) is 14.2 Å². The van der Waals surface area contributed by atoms with Crippen molar-refractivity contribution >= 4 is 11.7 Å². The van der Waals surface area contributed by atoms with Crippen LogP contribution in [0.25, 0.3) is 0 Å². The van der Waals surface area contributed by atoms with E-state index in [0.29, 0.717) is 17.1 Å². The molecule has 0 fully saturated rings. The van der Waals surface area contributed by atoms with E-state index in [-0.39, 0.29) is 18.9 Å². The van der Waals surface area contributed by atoms with Crippen molar-refractivity contribution in [1.82, 2.24) is 0 Å². The number of benzene rings is 2. The van der Waals surface area contributed by atoms with E-state index in [1.807, 2.05) is 6.07 Å². The summed E-state index contributed by atoms with van der Waals surface area (Å²) >= 11 is 0. The van der Waals surface area contributed by atoms with Gasteiger partial charge < -0.3 is 14.2 Å². The van der Waals surface area contributed by atoms with Gasteiger partial charge >= 0.3 is 5.97 Å². The number of ether oxygens (including phenoxy) is 3. The summed E-state index contributed by atoms with van der Waals surface area (Å²) in [5.41, 5.74) is 0.481. The molecule has 0 radical (unpaired) electrons. The van der Waals surface area contributed by atoms with E-state index in [1.165, 1.54) is 18.2 Å². The highest BCUT2D eigenvalue weighted by molar-refractivity contribution is 5.76. The normalized spacial score (nSPS) is 15.7. The minimum absolute atomic E-state index is 0.0512. The number of non-ortho nitro benzene ring substituents is 1. The van der Waals surface area contributed by atoms with Crippen LogP contribution in [0.2, 0.25) is 0 Å². The first kappa shape index (κ1) is 14.8. The largest absolute Gasteiger partial charge is 0.485 e. The Labute approximate surface area is 131 Å². The third kappa shape index (κ3) is 3.39. The topological polar surface area (TPSA) is 87.9 Å². The fourth-order valence-corrected chi connectivity index (χ4v) is 2.14. The molecule has 0 spiro atoms. The summed E-state index contributed by atoms with van der Waals surface area (Å²) in [5, 5.41) is 10.7. The molecule has 0 amide bonds. The van der Waals surface area contributed by atoms with Gasteiger partial charge in [-0.15, -0.1) is 0 Å². The molecule has 2 aromatic rings. The van der Waals surface area contributed by atoms with E-state index in [0.717, 1.165) is 0 Å². The minimum atomic E-state index is -0.858. The van der Waals surface area contributed by atoms with E-state index in [2.05, 4.69) is 0 Å². The van der Waals surface area contributed by atoms with E-state index >= 15 is 0 Å². The van der Waals surface area contributed by atoms with Crippen molar-refractivity contribution in [3.05, 3.63) is 64.2 Å². The molecule has 1 atom stereocenters. The molecule has 2 aromatic carbocycles. The van der Waals surface area contributed by atoms with Crippen LogP contribution in [-0.2, 0) is 16.1 Å². The number of fused-ring (bicyclic) bond motifs is 1. The van der Waals surface area contributed by atoms with Crippen molar-refractivity contribution in [2.75, 3.05) is 6.61 Å². The highest BCUT2D eigenvalue weighted by Crippen LogP contribution is 2.31. The number of rotatable bonds is 4. The number of hydrogen-bond donors (Lipinski definition) is 0. The molecule has 0 aromatic heterocycles. The quantitative estimate of drug-likeness (QED) is 0.489. The van der Waals surface area contributed by atoms with Crippen LogP contribution in [0.1, 0.15) is 5.56 Å². The van der Waals surface area contributed by atoms with Gasteiger partial charge in [0.05, 0.1) is 4.92 Å². The predicted molar refractivity (Wildman–Crippen MR) is 79.2 cm³/mol. The SMILES string of the molecule is O=C(OCc1cccc([N+](=O)[O-])c1)C1COc2ccccc2O1. The number of esters is 1. The summed E-state index contributed by atoms with van der Waals surface area (Å²) < 4.78 is 16.1. The third-order valence-corrected chi connectivity index (χ3v) is 3.27. The first-order chi connectivity index (χ1) is 11.1. The molecule has 7 heteroatoms. The van der Waals surface area contributed by atoms with Gasteiger partial charge in [-0.25, -0.2) is 4.79 Å². The molecular weight excluding hydrogens is 302 g/mol. The number of nitro groups is 1. The minimum Gasteiger partial charge on any atom is -0.485 e. The molecule has 118 valence electrons. The van der Waals surface area contributed by atoms with Gasteiger partial charge in [0, 0.05) is 12.1 Å². The molecule has 0 N–H and O–H groups in total. The van der Waals surface area contributed by atoms with Gasteiger partial charge in [-0.2, -0.15) is 0 Å². The van der Waals surface area contributed by atoms with Crippen LogP contribution in [0.5, 0.6) is 11.5 Å². The Morgan fingerprint density at radius 1 is 1.22 bits per heavy atom. The highest BCUT2D eigenvalue weighted by atomic mass is 16.6. The summed E-state index contributed by atoms with van der Waals surface area (Å²) in [6.07, 6.45) is -0.858. The fraction of sp³-hybridized carbons (Fsp3) is 0.188. The number of nitro benzene ring substituents is 1. The zero-order valence-electron chi connectivity index (χ0n) is 12.0. The van der Waals surface area contributed by atoms with Crippen molar-refractivity contribution in [1.29, 1.82) is 0 Å². The Bertz CT molecular complexity index is 745. The number of carbonyl (C=O) groups is 1. The Kier molecular flexibility index (Phi) is 4.09. The lowest BCUT2D eigenvalue weighted by Gasteiger charge is -2.24. The Morgan fingerprint density at radius 2 is 2.00 bits per heavy atom. The van der Waals surface area contributed by atoms with Crippen molar-refractivity contribution in [2.45, 2.75) is 12.7 Å². The van der Waals surface area contributed by atoms with Gasteiger partial charge in [-0.3, -0.25) is 10.1 Å². The second-order valence-electron chi connectivity index (χ2n) is 4.90. The summed E-state index contributed by atoms with van der Waals surface area (Å²) in [5.74, 6) is 0.484. The van der Waals surface area contributed by atoms with Crippen LogP contribution < -0.4 is 9.47 Å². The van der Waals surface area contributed by atoms with Crippen LogP contribution in [0.4, 0.5) is 5.69 Å². The van der Waals surface area contributed by atoms with Crippen molar-refractivity contribution in [3.8, 4) is 11.5 Å². The smallest absolute Gasteiger partial charge is 0.351 e. The van der Waals surface area contributed by atoms with Gasteiger partial charge in [0.1, 0.15) is 13.2 Å². The molecule has 1 unspecified atom stereocenters. The molecule has 0 bridgehead atoms. The summed E-state index contributed by atoms with van der Waals surface area (Å²) in [4.78, 5) is 22.3. The van der Waals surface area contributed by atoms with E-state index in [9.17, 15) is 14.9 Å². The number of hydrogen-bond acceptors (Lipinski definition) is 6. The summed E-state index contributed by atoms with van der Waals surface area (Å²) in [6.45, 7) is -0.00714. The molecular formula is C16H13NO6. The predicted octanol–water partition coefficient (Wildman–Crippen LogP) is 2.48.